The van der Waals surface area contributed by atoms with E-state index in [9.17, 15) is 0 Å². The lowest BCUT2D eigenvalue weighted by Crippen LogP contribution is -2.41. The molecule has 0 bridgehead atoms. The van der Waals surface area contributed by atoms with E-state index in [2.05, 4.69) is 69.2 Å². The fourth-order valence-electron chi connectivity index (χ4n) is 3.18. The van der Waals surface area contributed by atoms with Crippen LogP contribution in [0.5, 0.6) is 0 Å². The highest BCUT2D eigenvalue weighted by Crippen LogP contribution is 2.24. The normalized spacial score (nSPS) is 14.4. The SMILES string of the molecule is CCCNCC(C)(CCC)CN(C)Cc1ccccc1C. The summed E-state index contributed by atoms with van der Waals surface area (Å²) in [5, 5.41) is 3.61. The Labute approximate surface area is 131 Å². The predicted octanol–water partition coefficient (Wildman–Crippen LogP) is 4.23. The van der Waals surface area contributed by atoms with Crippen molar-refractivity contribution in [1.29, 1.82) is 0 Å². The molecular formula is C19H34N2. The largest absolute Gasteiger partial charge is 0.316 e. The third-order valence-electron chi connectivity index (χ3n) is 4.19. The van der Waals surface area contributed by atoms with Crippen LogP contribution in [0.25, 0.3) is 0 Å². The van der Waals surface area contributed by atoms with Gasteiger partial charge in [0, 0.05) is 19.6 Å². The van der Waals surface area contributed by atoms with E-state index in [1.165, 1.54) is 30.4 Å². The molecule has 0 aliphatic heterocycles. The van der Waals surface area contributed by atoms with Gasteiger partial charge in [-0.15, -0.1) is 0 Å². The predicted molar refractivity (Wildman–Crippen MR) is 93.7 cm³/mol. The quantitative estimate of drug-likeness (QED) is 0.649. The molecule has 1 aromatic carbocycles. The van der Waals surface area contributed by atoms with Gasteiger partial charge in [0.2, 0.25) is 0 Å². The Morgan fingerprint density at radius 2 is 1.86 bits per heavy atom. The lowest BCUT2D eigenvalue weighted by Gasteiger charge is -2.34. The lowest BCUT2D eigenvalue weighted by atomic mass is 9.84. The number of aryl methyl sites for hydroxylation is 1. The minimum atomic E-state index is 0.362. The molecule has 1 unspecified atom stereocenters. The van der Waals surface area contributed by atoms with Crippen LogP contribution >= 0.6 is 0 Å². The maximum Gasteiger partial charge on any atom is 0.0233 e. The summed E-state index contributed by atoms with van der Waals surface area (Å²) in [4.78, 5) is 2.48. The minimum Gasteiger partial charge on any atom is -0.316 e. The lowest BCUT2D eigenvalue weighted by molar-refractivity contribution is 0.168. The van der Waals surface area contributed by atoms with Gasteiger partial charge in [0.15, 0.2) is 0 Å². The van der Waals surface area contributed by atoms with Gasteiger partial charge < -0.3 is 10.2 Å². The Kier molecular flexibility index (Phi) is 7.98. The summed E-state index contributed by atoms with van der Waals surface area (Å²) >= 11 is 0. The van der Waals surface area contributed by atoms with E-state index in [0.717, 1.165) is 26.2 Å². The highest BCUT2D eigenvalue weighted by molar-refractivity contribution is 5.25. The molecule has 1 aromatic rings. The van der Waals surface area contributed by atoms with Crippen LogP contribution in [0.2, 0.25) is 0 Å². The minimum absolute atomic E-state index is 0.362. The third kappa shape index (κ3) is 6.62. The van der Waals surface area contributed by atoms with E-state index in [0.29, 0.717) is 5.41 Å². The number of nitrogens with one attached hydrogen (secondary N) is 1. The first-order chi connectivity index (χ1) is 10.0. The van der Waals surface area contributed by atoms with E-state index in [1.807, 2.05) is 0 Å². The van der Waals surface area contributed by atoms with Crippen molar-refractivity contribution < 1.29 is 0 Å². The summed E-state index contributed by atoms with van der Waals surface area (Å²) in [6.07, 6.45) is 3.74. The second-order valence-corrected chi connectivity index (χ2v) is 6.84. The van der Waals surface area contributed by atoms with Gasteiger partial charge in [0.1, 0.15) is 0 Å². The van der Waals surface area contributed by atoms with E-state index in [4.69, 9.17) is 0 Å². The Morgan fingerprint density at radius 1 is 1.14 bits per heavy atom. The van der Waals surface area contributed by atoms with Gasteiger partial charge in [-0.3, -0.25) is 0 Å². The monoisotopic (exact) mass is 290 g/mol. The smallest absolute Gasteiger partial charge is 0.0233 e. The van der Waals surface area contributed by atoms with Crippen LogP contribution in [0.3, 0.4) is 0 Å². The summed E-state index contributed by atoms with van der Waals surface area (Å²) in [6.45, 7) is 13.6. The van der Waals surface area contributed by atoms with Crippen LogP contribution in [0, 0.1) is 12.3 Å². The highest BCUT2D eigenvalue weighted by atomic mass is 15.1. The van der Waals surface area contributed by atoms with E-state index in [1.54, 1.807) is 0 Å². The zero-order chi connectivity index (χ0) is 15.7. The van der Waals surface area contributed by atoms with Gasteiger partial charge in [0.05, 0.1) is 0 Å². The second kappa shape index (κ2) is 9.22. The molecule has 0 aliphatic carbocycles. The zero-order valence-electron chi connectivity index (χ0n) is 14.7. The molecule has 1 rings (SSSR count). The van der Waals surface area contributed by atoms with E-state index < -0.39 is 0 Å². The van der Waals surface area contributed by atoms with Gasteiger partial charge in [0.25, 0.3) is 0 Å². The van der Waals surface area contributed by atoms with Gasteiger partial charge in [-0.2, -0.15) is 0 Å². The third-order valence-corrected chi connectivity index (χ3v) is 4.19. The summed E-state index contributed by atoms with van der Waals surface area (Å²) < 4.78 is 0. The van der Waals surface area contributed by atoms with Crippen molar-refractivity contribution in [3.63, 3.8) is 0 Å². The van der Waals surface area contributed by atoms with E-state index >= 15 is 0 Å². The van der Waals surface area contributed by atoms with Crippen molar-refractivity contribution in [2.75, 3.05) is 26.7 Å². The molecule has 0 saturated heterocycles. The average Bonchev–Trinajstić information content (AvgIpc) is 2.41. The first kappa shape index (κ1) is 18.2. The number of hydrogen-bond acceptors (Lipinski definition) is 2. The molecule has 1 atom stereocenters. The zero-order valence-corrected chi connectivity index (χ0v) is 14.7. The fraction of sp³-hybridized carbons (Fsp3) is 0.684. The Bertz CT molecular complexity index is 402. The summed E-state index contributed by atoms with van der Waals surface area (Å²) in [5.74, 6) is 0. The van der Waals surface area contributed by atoms with Crippen molar-refractivity contribution in [2.24, 2.45) is 5.41 Å². The van der Waals surface area contributed by atoms with Crippen molar-refractivity contribution in [2.45, 2.75) is 53.5 Å². The number of benzene rings is 1. The average molecular weight is 290 g/mol. The van der Waals surface area contributed by atoms with Crippen LogP contribution in [-0.2, 0) is 6.54 Å². The molecule has 120 valence electrons. The number of nitrogens with zero attached hydrogens (tertiary/aromatic N) is 1. The molecule has 2 heteroatoms. The van der Waals surface area contributed by atoms with Gasteiger partial charge in [-0.1, -0.05) is 51.5 Å². The Hall–Kier alpha value is -0.860. The molecule has 0 aromatic heterocycles. The molecule has 0 fully saturated rings. The molecule has 1 N–H and O–H groups in total. The van der Waals surface area contributed by atoms with Gasteiger partial charge in [-0.25, -0.2) is 0 Å². The van der Waals surface area contributed by atoms with E-state index in [-0.39, 0.29) is 0 Å². The number of rotatable bonds is 10. The molecule has 21 heavy (non-hydrogen) atoms. The van der Waals surface area contributed by atoms with Crippen LogP contribution in [0.4, 0.5) is 0 Å². The first-order valence-corrected chi connectivity index (χ1v) is 8.44. The first-order valence-electron chi connectivity index (χ1n) is 8.44. The molecule has 0 aliphatic rings. The fourth-order valence-corrected chi connectivity index (χ4v) is 3.18. The van der Waals surface area contributed by atoms with Gasteiger partial charge >= 0.3 is 0 Å². The molecule has 0 heterocycles. The molecule has 0 spiro atoms. The van der Waals surface area contributed by atoms with Crippen LogP contribution in [0.15, 0.2) is 24.3 Å². The molecule has 0 radical (unpaired) electrons. The molecular weight excluding hydrogens is 256 g/mol. The molecule has 2 nitrogen and oxygen atoms in total. The summed E-state index contributed by atoms with van der Waals surface area (Å²) in [5.41, 5.74) is 3.20. The number of hydrogen-bond donors (Lipinski definition) is 1. The molecule has 0 amide bonds. The highest BCUT2D eigenvalue weighted by Gasteiger charge is 2.24. The topological polar surface area (TPSA) is 15.3 Å². The Balaban J connectivity index is 2.59. The van der Waals surface area contributed by atoms with Crippen LogP contribution < -0.4 is 5.32 Å². The van der Waals surface area contributed by atoms with Crippen molar-refractivity contribution in [1.82, 2.24) is 10.2 Å². The van der Waals surface area contributed by atoms with Crippen LogP contribution in [0.1, 0.15) is 51.2 Å². The summed E-state index contributed by atoms with van der Waals surface area (Å²) in [7, 11) is 2.25. The standard InChI is InChI=1S/C19H34N2/c1-6-12-19(4,15-20-13-7-2)16-21(5)14-18-11-9-8-10-17(18)3/h8-11,20H,6-7,12-16H2,1-5H3. The maximum absolute atomic E-state index is 3.61. The van der Waals surface area contributed by atoms with Gasteiger partial charge in [-0.05, 0) is 49.9 Å². The maximum atomic E-state index is 3.61. The summed E-state index contributed by atoms with van der Waals surface area (Å²) in [6, 6.07) is 8.72. The van der Waals surface area contributed by atoms with Crippen LogP contribution in [-0.4, -0.2) is 31.6 Å². The van der Waals surface area contributed by atoms with Crippen molar-refractivity contribution in [3.05, 3.63) is 35.4 Å². The Morgan fingerprint density at radius 3 is 2.48 bits per heavy atom. The van der Waals surface area contributed by atoms with Crippen molar-refractivity contribution in [3.8, 4) is 0 Å². The second-order valence-electron chi connectivity index (χ2n) is 6.84. The molecule has 0 saturated carbocycles. The van der Waals surface area contributed by atoms with Crippen molar-refractivity contribution >= 4 is 0 Å².